The number of benzene rings is 2. The van der Waals surface area contributed by atoms with Gasteiger partial charge in [-0.3, -0.25) is 4.79 Å². The van der Waals surface area contributed by atoms with Crippen molar-refractivity contribution in [1.82, 2.24) is 4.90 Å². The zero-order valence-corrected chi connectivity index (χ0v) is 14.2. The lowest BCUT2D eigenvalue weighted by Gasteiger charge is -2.33. The van der Waals surface area contributed by atoms with Crippen LogP contribution >= 0.6 is 0 Å². The second-order valence-corrected chi connectivity index (χ2v) is 6.41. The van der Waals surface area contributed by atoms with Crippen LogP contribution in [0.1, 0.15) is 34.3 Å². The molecular weight excluding hydrogens is 324 g/mol. The van der Waals surface area contributed by atoms with Crippen LogP contribution in [0.15, 0.2) is 42.5 Å². The maximum absolute atomic E-state index is 13.7. The molecule has 1 amide bonds. The molecule has 5 heteroatoms. The Balaban J connectivity index is 1.61. The van der Waals surface area contributed by atoms with Gasteiger partial charge in [0.15, 0.2) is 11.6 Å². The molecule has 0 aromatic heterocycles. The van der Waals surface area contributed by atoms with Crippen LogP contribution in [-0.2, 0) is 11.3 Å². The lowest BCUT2D eigenvalue weighted by atomic mass is 10.1. The Bertz CT molecular complexity index is 763. The summed E-state index contributed by atoms with van der Waals surface area (Å²) in [6.45, 7) is 3.10. The molecule has 3 nitrogen and oxygen atoms in total. The number of carbonyl (C=O) groups is 1. The molecule has 3 rings (SSSR count). The number of aryl methyl sites for hydroxylation is 1. The first-order valence-corrected chi connectivity index (χ1v) is 8.45. The van der Waals surface area contributed by atoms with E-state index in [-0.39, 0.29) is 24.2 Å². The summed E-state index contributed by atoms with van der Waals surface area (Å²) in [5, 5.41) is 0. The van der Waals surface area contributed by atoms with Crippen LogP contribution in [0.3, 0.4) is 0 Å². The third-order valence-corrected chi connectivity index (χ3v) is 4.44. The zero-order valence-electron chi connectivity index (χ0n) is 14.2. The van der Waals surface area contributed by atoms with Crippen LogP contribution < -0.4 is 0 Å². The van der Waals surface area contributed by atoms with E-state index in [0.717, 1.165) is 24.5 Å². The Morgan fingerprint density at radius 2 is 2.04 bits per heavy atom. The normalized spacial score (nSPS) is 17.6. The summed E-state index contributed by atoms with van der Waals surface area (Å²) in [5.74, 6) is -1.76. The molecule has 1 fully saturated rings. The van der Waals surface area contributed by atoms with Crippen molar-refractivity contribution in [2.45, 2.75) is 32.5 Å². The highest BCUT2D eigenvalue weighted by Gasteiger charge is 2.25. The summed E-state index contributed by atoms with van der Waals surface area (Å²) >= 11 is 0. The molecule has 1 heterocycles. The number of ether oxygens (including phenoxy) is 1. The minimum Gasteiger partial charge on any atom is -0.372 e. The highest BCUT2D eigenvalue weighted by atomic mass is 19.2. The van der Waals surface area contributed by atoms with Crippen LogP contribution in [-0.4, -0.2) is 30.0 Å². The molecule has 1 saturated heterocycles. The number of hydrogen-bond acceptors (Lipinski definition) is 2. The van der Waals surface area contributed by atoms with Crippen molar-refractivity contribution < 1.29 is 18.3 Å². The van der Waals surface area contributed by atoms with Crippen molar-refractivity contribution in [3.63, 3.8) is 0 Å². The van der Waals surface area contributed by atoms with E-state index in [4.69, 9.17) is 4.74 Å². The summed E-state index contributed by atoms with van der Waals surface area (Å²) in [6, 6.07) is 11.6. The van der Waals surface area contributed by atoms with Gasteiger partial charge >= 0.3 is 0 Å². The van der Waals surface area contributed by atoms with Gasteiger partial charge in [0.1, 0.15) is 0 Å². The summed E-state index contributed by atoms with van der Waals surface area (Å²) in [4.78, 5) is 14.4. The van der Waals surface area contributed by atoms with Gasteiger partial charge in [0.2, 0.25) is 0 Å². The largest absolute Gasteiger partial charge is 0.372 e. The maximum Gasteiger partial charge on any atom is 0.253 e. The number of carbonyl (C=O) groups excluding carboxylic acids is 1. The first kappa shape index (κ1) is 17.5. The lowest BCUT2D eigenvalue weighted by molar-refractivity contribution is -0.00777. The van der Waals surface area contributed by atoms with Crippen molar-refractivity contribution in [1.29, 1.82) is 0 Å². The molecule has 0 saturated carbocycles. The molecular formula is C20H21F2NO2. The Morgan fingerprint density at radius 1 is 1.24 bits per heavy atom. The molecule has 0 spiro atoms. The van der Waals surface area contributed by atoms with Gasteiger partial charge in [0.25, 0.3) is 5.91 Å². The molecule has 1 aliphatic heterocycles. The third-order valence-electron chi connectivity index (χ3n) is 4.44. The lowest BCUT2D eigenvalue weighted by Crippen LogP contribution is -2.43. The number of amides is 1. The number of piperidine rings is 1. The summed E-state index contributed by atoms with van der Waals surface area (Å²) in [6.07, 6.45) is 1.45. The molecule has 132 valence electrons. The number of nitrogens with zero attached hydrogens (tertiary/aromatic N) is 1. The van der Waals surface area contributed by atoms with E-state index >= 15 is 0 Å². The van der Waals surface area contributed by atoms with Crippen LogP contribution in [0.5, 0.6) is 0 Å². The average molecular weight is 345 g/mol. The summed E-state index contributed by atoms with van der Waals surface area (Å²) < 4.78 is 32.7. The highest BCUT2D eigenvalue weighted by molar-refractivity contribution is 5.94. The van der Waals surface area contributed by atoms with Crippen LogP contribution in [0.4, 0.5) is 8.78 Å². The Morgan fingerprint density at radius 3 is 2.84 bits per heavy atom. The fourth-order valence-electron chi connectivity index (χ4n) is 3.09. The third kappa shape index (κ3) is 4.23. The van der Waals surface area contributed by atoms with Crippen molar-refractivity contribution in [3.8, 4) is 0 Å². The second-order valence-electron chi connectivity index (χ2n) is 6.41. The van der Waals surface area contributed by atoms with E-state index in [1.165, 1.54) is 12.1 Å². The van der Waals surface area contributed by atoms with Gasteiger partial charge in [0, 0.05) is 24.2 Å². The predicted molar refractivity (Wildman–Crippen MR) is 91.3 cm³/mol. The average Bonchev–Trinajstić information content (AvgIpc) is 2.62. The smallest absolute Gasteiger partial charge is 0.253 e. The monoisotopic (exact) mass is 345 g/mol. The van der Waals surface area contributed by atoms with Crippen LogP contribution in [0.25, 0.3) is 0 Å². The SMILES string of the molecule is Cc1cccc(C(=O)N2CCC[C@H](OCc3cccc(F)c3F)C2)c1. The van der Waals surface area contributed by atoms with E-state index in [1.54, 1.807) is 4.90 Å². The summed E-state index contributed by atoms with van der Waals surface area (Å²) in [5.41, 5.74) is 1.90. The molecule has 0 N–H and O–H groups in total. The van der Waals surface area contributed by atoms with E-state index in [1.807, 2.05) is 31.2 Å². The predicted octanol–water partition coefficient (Wildman–Crippen LogP) is 4.09. The molecule has 1 atom stereocenters. The van der Waals surface area contributed by atoms with Gasteiger partial charge in [-0.2, -0.15) is 0 Å². The molecule has 25 heavy (non-hydrogen) atoms. The molecule has 0 aliphatic carbocycles. The minimum atomic E-state index is -0.874. The zero-order chi connectivity index (χ0) is 17.8. The minimum absolute atomic E-state index is 0.000730. The van der Waals surface area contributed by atoms with Gasteiger partial charge in [0.05, 0.1) is 12.7 Å². The van der Waals surface area contributed by atoms with Crippen molar-refractivity contribution in [2.24, 2.45) is 0 Å². The number of hydrogen-bond donors (Lipinski definition) is 0. The topological polar surface area (TPSA) is 29.5 Å². The molecule has 0 radical (unpaired) electrons. The first-order valence-electron chi connectivity index (χ1n) is 8.45. The van der Waals surface area contributed by atoms with Gasteiger partial charge in [-0.15, -0.1) is 0 Å². The Labute approximate surface area is 146 Å². The van der Waals surface area contributed by atoms with Gasteiger partial charge < -0.3 is 9.64 Å². The first-order chi connectivity index (χ1) is 12.0. The van der Waals surface area contributed by atoms with E-state index in [2.05, 4.69) is 0 Å². The second kappa shape index (κ2) is 7.74. The maximum atomic E-state index is 13.7. The fourth-order valence-corrected chi connectivity index (χ4v) is 3.09. The molecule has 0 unspecified atom stereocenters. The highest BCUT2D eigenvalue weighted by Crippen LogP contribution is 2.19. The fraction of sp³-hybridized carbons (Fsp3) is 0.350. The van der Waals surface area contributed by atoms with Crippen LogP contribution in [0, 0.1) is 18.6 Å². The van der Waals surface area contributed by atoms with Crippen molar-refractivity contribution in [2.75, 3.05) is 13.1 Å². The van der Waals surface area contributed by atoms with Gasteiger partial charge in [-0.1, -0.05) is 29.8 Å². The molecule has 2 aromatic rings. The van der Waals surface area contributed by atoms with Crippen molar-refractivity contribution in [3.05, 3.63) is 70.8 Å². The number of likely N-dealkylation sites (tertiary alicyclic amines) is 1. The van der Waals surface area contributed by atoms with E-state index < -0.39 is 11.6 Å². The number of halogens is 2. The quantitative estimate of drug-likeness (QED) is 0.835. The Kier molecular flexibility index (Phi) is 5.43. The standard InChI is InChI=1S/C20H21F2NO2/c1-14-5-2-6-15(11-14)20(24)23-10-4-8-17(12-23)25-13-16-7-3-9-18(21)19(16)22/h2-3,5-7,9,11,17H,4,8,10,12-13H2,1H3/t17-/m0/s1. The van der Waals surface area contributed by atoms with Crippen LogP contribution in [0.2, 0.25) is 0 Å². The molecule has 2 aromatic carbocycles. The van der Waals surface area contributed by atoms with Gasteiger partial charge in [-0.05, 0) is 38.0 Å². The number of rotatable bonds is 4. The molecule has 0 bridgehead atoms. The van der Waals surface area contributed by atoms with Gasteiger partial charge in [-0.25, -0.2) is 8.78 Å². The van der Waals surface area contributed by atoms with E-state index in [0.29, 0.717) is 18.7 Å². The van der Waals surface area contributed by atoms with E-state index in [9.17, 15) is 13.6 Å². The Hall–Kier alpha value is -2.27. The summed E-state index contributed by atoms with van der Waals surface area (Å²) in [7, 11) is 0. The molecule has 1 aliphatic rings. The van der Waals surface area contributed by atoms with Crippen molar-refractivity contribution >= 4 is 5.91 Å².